The lowest BCUT2D eigenvalue weighted by Gasteiger charge is -2.21. The molecular formula is C13H16BrN3O. The molecule has 0 aliphatic carbocycles. The molecule has 1 saturated heterocycles. The minimum absolute atomic E-state index is 0.409. The Kier molecular flexibility index (Phi) is 3.61. The van der Waals surface area contributed by atoms with Crippen LogP contribution in [-0.2, 0) is 11.2 Å². The van der Waals surface area contributed by atoms with E-state index in [-0.39, 0.29) is 0 Å². The first-order valence-electron chi connectivity index (χ1n) is 6.43. The topological polar surface area (TPSA) is 50.8 Å². The highest BCUT2D eigenvalue weighted by Gasteiger charge is 2.14. The Morgan fingerprint density at radius 2 is 2.39 bits per heavy atom. The van der Waals surface area contributed by atoms with Gasteiger partial charge >= 0.3 is 0 Å². The maximum atomic E-state index is 5.73. The number of nitrogens with zero attached hydrogens (tertiary/aromatic N) is 2. The summed E-state index contributed by atoms with van der Waals surface area (Å²) in [5, 5.41) is 0. The summed E-state index contributed by atoms with van der Waals surface area (Å²) in [6, 6.07) is 2.01. The van der Waals surface area contributed by atoms with Crippen LogP contribution in [0.4, 0.5) is 0 Å². The second-order valence-corrected chi connectivity index (χ2v) is 5.65. The van der Waals surface area contributed by atoms with Crippen LogP contribution in [0.2, 0.25) is 0 Å². The van der Waals surface area contributed by atoms with Crippen molar-refractivity contribution in [1.82, 2.24) is 15.0 Å². The van der Waals surface area contributed by atoms with Crippen molar-refractivity contribution in [1.29, 1.82) is 0 Å². The van der Waals surface area contributed by atoms with Crippen LogP contribution in [0.15, 0.2) is 16.7 Å². The van der Waals surface area contributed by atoms with Crippen molar-refractivity contribution in [3.63, 3.8) is 0 Å². The zero-order valence-electron chi connectivity index (χ0n) is 10.2. The lowest BCUT2D eigenvalue weighted by Crippen LogP contribution is -2.19. The number of hydrogen-bond acceptors (Lipinski definition) is 3. The Balaban J connectivity index is 1.67. The van der Waals surface area contributed by atoms with Crippen LogP contribution in [0.25, 0.3) is 11.2 Å². The van der Waals surface area contributed by atoms with Gasteiger partial charge in [0, 0.05) is 23.7 Å². The van der Waals surface area contributed by atoms with E-state index in [4.69, 9.17) is 4.74 Å². The summed E-state index contributed by atoms with van der Waals surface area (Å²) in [7, 11) is 0. The lowest BCUT2D eigenvalue weighted by atomic mass is 10.0. The van der Waals surface area contributed by atoms with E-state index in [0.29, 0.717) is 6.10 Å². The fourth-order valence-corrected chi connectivity index (χ4v) is 2.71. The summed E-state index contributed by atoms with van der Waals surface area (Å²) in [6.45, 7) is 0.916. The molecule has 1 aliphatic heterocycles. The number of imidazole rings is 1. The highest BCUT2D eigenvalue weighted by molar-refractivity contribution is 9.10. The van der Waals surface area contributed by atoms with Gasteiger partial charge in [-0.15, -0.1) is 0 Å². The van der Waals surface area contributed by atoms with Crippen LogP contribution in [0.3, 0.4) is 0 Å². The monoisotopic (exact) mass is 309 g/mol. The van der Waals surface area contributed by atoms with Gasteiger partial charge in [-0.25, -0.2) is 9.97 Å². The summed E-state index contributed by atoms with van der Waals surface area (Å²) >= 11 is 3.41. The van der Waals surface area contributed by atoms with Gasteiger partial charge in [0.15, 0.2) is 5.65 Å². The number of aryl methyl sites for hydroxylation is 1. The van der Waals surface area contributed by atoms with E-state index in [2.05, 4.69) is 30.9 Å². The van der Waals surface area contributed by atoms with Crippen LogP contribution in [0.5, 0.6) is 0 Å². The summed E-state index contributed by atoms with van der Waals surface area (Å²) in [4.78, 5) is 12.1. The molecule has 1 aliphatic rings. The van der Waals surface area contributed by atoms with Gasteiger partial charge in [0.25, 0.3) is 0 Å². The number of H-pyrrole nitrogens is 1. The van der Waals surface area contributed by atoms with Crippen LogP contribution in [-0.4, -0.2) is 27.7 Å². The number of hydrogen-bond donors (Lipinski definition) is 1. The Morgan fingerprint density at radius 1 is 1.44 bits per heavy atom. The third kappa shape index (κ3) is 2.72. The van der Waals surface area contributed by atoms with Crippen molar-refractivity contribution in [2.75, 3.05) is 6.61 Å². The standard InChI is InChI=1S/C13H16BrN3O/c14-9-7-11-13(15-8-9)17-12(16-11)5-4-10-3-1-2-6-18-10/h7-8,10H,1-6H2,(H,15,16,17). The SMILES string of the molecule is Brc1cnc2nc(CCC3CCCCO3)[nH]c2c1. The maximum absolute atomic E-state index is 5.73. The van der Waals surface area contributed by atoms with Crippen molar-refractivity contribution in [2.24, 2.45) is 0 Å². The van der Waals surface area contributed by atoms with Crippen molar-refractivity contribution >= 4 is 27.1 Å². The maximum Gasteiger partial charge on any atom is 0.177 e. The first-order valence-corrected chi connectivity index (χ1v) is 7.22. The third-order valence-electron chi connectivity index (χ3n) is 3.33. The van der Waals surface area contributed by atoms with Gasteiger partial charge in [-0.2, -0.15) is 0 Å². The van der Waals surface area contributed by atoms with E-state index in [9.17, 15) is 0 Å². The minimum Gasteiger partial charge on any atom is -0.378 e. The van der Waals surface area contributed by atoms with Gasteiger partial charge in [0.2, 0.25) is 0 Å². The zero-order valence-corrected chi connectivity index (χ0v) is 11.7. The number of aromatic nitrogens is 3. The first-order chi connectivity index (χ1) is 8.81. The summed E-state index contributed by atoms with van der Waals surface area (Å²) < 4.78 is 6.70. The Bertz CT molecular complexity index is 534. The summed E-state index contributed by atoms with van der Waals surface area (Å²) in [5.74, 6) is 1.00. The second kappa shape index (κ2) is 5.36. The Labute approximate surface area is 114 Å². The fraction of sp³-hybridized carbons (Fsp3) is 0.538. The number of fused-ring (bicyclic) bond motifs is 1. The zero-order chi connectivity index (χ0) is 12.4. The van der Waals surface area contributed by atoms with E-state index in [1.165, 1.54) is 19.3 Å². The molecule has 4 nitrogen and oxygen atoms in total. The lowest BCUT2D eigenvalue weighted by molar-refractivity contribution is 0.0112. The smallest absolute Gasteiger partial charge is 0.177 e. The molecular weight excluding hydrogens is 294 g/mol. The molecule has 0 spiro atoms. The molecule has 1 fully saturated rings. The number of pyridine rings is 1. The minimum atomic E-state index is 0.409. The van der Waals surface area contributed by atoms with Crippen molar-refractivity contribution in [3.8, 4) is 0 Å². The van der Waals surface area contributed by atoms with E-state index in [0.717, 1.165) is 40.9 Å². The average Bonchev–Trinajstić information content (AvgIpc) is 2.79. The number of halogens is 1. The second-order valence-electron chi connectivity index (χ2n) is 4.74. The van der Waals surface area contributed by atoms with Gasteiger partial charge in [0.1, 0.15) is 5.82 Å². The molecule has 1 N–H and O–H groups in total. The molecule has 18 heavy (non-hydrogen) atoms. The molecule has 5 heteroatoms. The van der Waals surface area contributed by atoms with Crippen LogP contribution >= 0.6 is 15.9 Å². The fourth-order valence-electron chi connectivity index (χ4n) is 2.38. The van der Waals surface area contributed by atoms with Gasteiger partial charge in [-0.3, -0.25) is 0 Å². The quantitative estimate of drug-likeness (QED) is 0.947. The van der Waals surface area contributed by atoms with Crippen molar-refractivity contribution in [3.05, 3.63) is 22.6 Å². The first kappa shape index (κ1) is 12.1. The molecule has 0 saturated carbocycles. The third-order valence-corrected chi connectivity index (χ3v) is 3.76. The largest absolute Gasteiger partial charge is 0.378 e. The van der Waals surface area contributed by atoms with Gasteiger partial charge in [-0.1, -0.05) is 0 Å². The van der Waals surface area contributed by atoms with E-state index in [1.807, 2.05) is 6.07 Å². The number of nitrogens with one attached hydrogen (secondary N) is 1. The van der Waals surface area contributed by atoms with Crippen LogP contribution < -0.4 is 0 Å². The predicted molar refractivity (Wildman–Crippen MR) is 73.5 cm³/mol. The predicted octanol–water partition coefficient (Wildman–Crippen LogP) is 3.22. The molecule has 1 atom stereocenters. The van der Waals surface area contributed by atoms with Gasteiger partial charge in [-0.05, 0) is 47.7 Å². The number of ether oxygens (including phenoxy) is 1. The number of rotatable bonds is 3. The Hall–Kier alpha value is -0.940. The normalized spacial score (nSPS) is 20.4. The number of aromatic amines is 1. The van der Waals surface area contributed by atoms with E-state index < -0.39 is 0 Å². The molecule has 2 aromatic rings. The Morgan fingerprint density at radius 3 is 3.22 bits per heavy atom. The summed E-state index contributed by atoms with van der Waals surface area (Å²) in [5.41, 5.74) is 1.78. The van der Waals surface area contributed by atoms with E-state index >= 15 is 0 Å². The van der Waals surface area contributed by atoms with E-state index in [1.54, 1.807) is 6.20 Å². The molecule has 3 heterocycles. The van der Waals surface area contributed by atoms with Crippen LogP contribution in [0, 0.1) is 0 Å². The molecule has 2 aromatic heterocycles. The van der Waals surface area contributed by atoms with Gasteiger partial charge in [0.05, 0.1) is 11.6 Å². The molecule has 0 aromatic carbocycles. The van der Waals surface area contributed by atoms with Crippen molar-refractivity contribution < 1.29 is 4.74 Å². The molecule has 1 unspecified atom stereocenters. The summed E-state index contributed by atoms with van der Waals surface area (Å²) in [6.07, 6.45) is 7.84. The van der Waals surface area contributed by atoms with Crippen LogP contribution in [0.1, 0.15) is 31.5 Å². The van der Waals surface area contributed by atoms with Crippen molar-refractivity contribution in [2.45, 2.75) is 38.2 Å². The van der Waals surface area contributed by atoms with Gasteiger partial charge < -0.3 is 9.72 Å². The molecule has 96 valence electrons. The highest BCUT2D eigenvalue weighted by Crippen LogP contribution is 2.19. The molecule has 0 amide bonds. The molecule has 0 bridgehead atoms. The molecule has 0 radical (unpaired) electrons. The highest BCUT2D eigenvalue weighted by atomic mass is 79.9. The molecule has 3 rings (SSSR count). The average molecular weight is 310 g/mol.